The monoisotopic (exact) mass is 236 g/mol. The maximum atomic E-state index is 2.30. The average molecular weight is 236 g/mol. The lowest BCUT2D eigenvalue weighted by Crippen LogP contribution is -2.12. The Hall–Kier alpha value is -0.430. The van der Waals surface area contributed by atoms with Crippen molar-refractivity contribution < 1.29 is 0 Å². The Labute approximate surface area is 105 Å². The van der Waals surface area contributed by atoms with E-state index < -0.39 is 0 Å². The van der Waals surface area contributed by atoms with Crippen LogP contribution in [0.25, 0.3) is 0 Å². The average Bonchev–Trinajstić information content (AvgIpc) is 2.03. The van der Waals surface area contributed by atoms with Gasteiger partial charge in [-0.1, -0.05) is 59.7 Å². The molecule has 0 heterocycles. The van der Waals surface area contributed by atoms with Gasteiger partial charge in [0.1, 0.15) is 0 Å². The van der Waals surface area contributed by atoms with E-state index >= 15 is 0 Å². The van der Waals surface area contributed by atoms with E-state index in [1.165, 1.54) is 10.5 Å². The van der Waals surface area contributed by atoms with Crippen molar-refractivity contribution in [2.75, 3.05) is 0 Å². The SMILES string of the molecule is CC(C)(C)Cc1ccccc1SC(C)(C)C. The fourth-order valence-electron chi connectivity index (χ4n) is 1.65. The topological polar surface area (TPSA) is 0 Å². The molecule has 0 bridgehead atoms. The third-order valence-electron chi connectivity index (χ3n) is 2.11. The maximum Gasteiger partial charge on any atom is 0.0122 e. The van der Waals surface area contributed by atoms with E-state index in [9.17, 15) is 0 Å². The fourth-order valence-corrected chi connectivity index (χ4v) is 2.73. The summed E-state index contributed by atoms with van der Waals surface area (Å²) in [6, 6.07) is 8.80. The van der Waals surface area contributed by atoms with Crippen LogP contribution < -0.4 is 0 Å². The Morgan fingerprint density at radius 2 is 1.50 bits per heavy atom. The van der Waals surface area contributed by atoms with E-state index in [-0.39, 0.29) is 4.75 Å². The van der Waals surface area contributed by atoms with Crippen molar-refractivity contribution in [2.24, 2.45) is 5.41 Å². The first-order valence-electron chi connectivity index (χ1n) is 5.94. The molecule has 0 unspecified atom stereocenters. The van der Waals surface area contributed by atoms with Crippen molar-refractivity contribution >= 4 is 11.8 Å². The molecule has 0 aliphatic heterocycles. The lowest BCUT2D eigenvalue weighted by molar-refractivity contribution is 0.408. The first-order chi connectivity index (χ1) is 7.17. The van der Waals surface area contributed by atoms with Crippen LogP contribution in [-0.2, 0) is 6.42 Å². The second-order valence-electron chi connectivity index (χ2n) is 6.56. The maximum absolute atomic E-state index is 2.30. The van der Waals surface area contributed by atoms with Gasteiger partial charge in [0, 0.05) is 9.64 Å². The summed E-state index contributed by atoms with van der Waals surface area (Å²) in [5, 5.41) is 0. The summed E-state index contributed by atoms with van der Waals surface area (Å²) in [4.78, 5) is 1.44. The van der Waals surface area contributed by atoms with Crippen molar-refractivity contribution in [3.05, 3.63) is 29.8 Å². The van der Waals surface area contributed by atoms with Gasteiger partial charge in [-0.05, 0) is 23.5 Å². The molecule has 0 saturated heterocycles. The summed E-state index contributed by atoms with van der Waals surface area (Å²) in [7, 11) is 0. The van der Waals surface area contributed by atoms with E-state index in [0.717, 1.165) is 6.42 Å². The molecular weight excluding hydrogens is 212 g/mol. The van der Waals surface area contributed by atoms with Crippen molar-refractivity contribution in [1.29, 1.82) is 0 Å². The van der Waals surface area contributed by atoms with Crippen LogP contribution in [0.1, 0.15) is 47.1 Å². The molecule has 0 spiro atoms. The lowest BCUT2D eigenvalue weighted by atomic mass is 9.88. The Morgan fingerprint density at radius 1 is 0.938 bits per heavy atom. The molecule has 16 heavy (non-hydrogen) atoms. The van der Waals surface area contributed by atoms with E-state index in [0.29, 0.717) is 5.41 Å². The summed E-state index contributed by atoms with van der Waals surface area (Å²) in [6.45, 7) is 13.7. The third kappa shape index (κ3) is 5.07. The van der Waals surface area contributed by atoms with Crippen LogP contribution in [0.3, 0.4) is 0 Å². The first-order valence-corrected chi connectivity index (χ1v) is 6.76. The Bertz CT molecular complexity index is 304. The zero-order valence-corrected chi connectivity index (χ0v) is 12.2. The van der Waals surface area contributed by atoms with Crippen LogP contribution in [0.4, 0.5) is 0 Å². The molecule has 1 rings (SSSR count). The predicted molar refractivity (Wildman–Crippen MR) is 75.2 cm³/mol. The molecule has 0 aliphatic carbocycles. The Morgan fingerprint density at radius 3 is 2.00 bits per heavy atom. The van der Waals surface area contributed by atoms with Crippen molar-refractivity contribution in [1.82, 2.24) is 0 Å². The van der Waals surface area contributed by atoms with Gasteiger partial charge in [-0.2, -0.15) is 0 Å². The summed E-state index contributed by atoms with van der Waals surface area (Å²) in [6.07, 6.45) is 1.15. The van der Waals surface area contributed by atoms with Gasteiger partial charge in [0.2, 0.25) is 0 Å². The summed E-state index contributed by atoms with van der Waals surface area (Å²) in [5.74, 6) is 0. The molecule has 0 aromatic heterocycles. The Kier molecular flexibility index (Phi) is 4.12. The summed E-state index contributed by atoms with van der Waals surface area (Å²) < 4.78 is 0.286. The highest BCUT2D eigenvalue weighted by Crippen LogP contribution is 2.36. The minimum atomic E-state index is 0.286. The van der Waals surface area contributed by atoms with Gasteiger partial charge in [0.25, 0.3) is 0 Å². The molecule has 0 amide bonds. The number of thioether (sulfide) groups is 1. The van der Waals surface area contributed by atoms with Crippen molar-refractivity contribution in [3.8, 4) is 0 Å². The largest absolute Gasteiger partial charge is 0.120 e. The zero-order valence-electron chi connectivity index (χ0n) is 11.4. The van der Waals surface area contributed by atoms with E-state index in [4.69, 9.17) is 0 Å². The normalized spacial score (nSPS) is 12.9. The van der Waals surface area contributed by atoms with Crippen molar-refractivity contribution in [3.63, 3.8) is 0 Å². The summed E-state index contributed by atoms with van der Waals surface area (Å²) >= 11 is 1.97. The molecule has 90 valence electrons. The van der Waals surface area contributed by atoms with Crippen LogP contribution >= 0.6 is 11.8 Å². The molecule has 1 aromatic carbocycles. The molecule has 0 radical (unpaired) electrons. The van der Waals surface area contributed by atoms with E-state index in [2.05, 4.69) is 65.8 Å². The second kappa shape index (κ2) is 4.83. The van der Waals surface area contributed by atoms with E-state index in [1.807, 2.05) is 11.8 Å². The molecule has 0 N–H and O–H groups in total. The molecule has 1 aromatic rings. The smallest absolute Gasteiger partial charge is 0.0122 e. The molecule has 1 heteroatoms. The third-order valence-corrected chi connectivity index (χ3v) is 3.34. The minimum Gasteiger partial charge on any atom is -0.120 e. The molecular formula is C15H24S. The van der Waals surface area contributed by atoms with Gasteiger partial charge in [-0.3, -0.25) is 0 Å². The minimum absolute atomic E-state index is 0.286. The highest BCUT2D eigenvalue weighted by Gasteiger charge is 2.18. The highest BCUT2D eigenvalue weighted by molar-refractivity contribution is 8.00. The number of benzene rings is 1. The van der Waals surface area contributed by atoms with Crippen LogP contribution in [0.2, 0.25) is 0 Å². The standard InChI is InChI=1S/C15H24S/c1-14(2,3)11-12-9-7-8-10-13(12)16-15(4,5)6/h7-10H,11H2,1-6H3. The van der Waals surface area contributed by atoms with Gasteiger partial charge >= 0.3 is 0 Å². The number of hydrogen-bond donors (Lipinski definition) is 0. The van der Waals surface area contributed by atoms with Crippen LogP contribution in [0.5, 0.6) is 0 Å². The quantitative estimate of drug-likeness (QED) is 0.639. The van der Waals surface area contributed by atoms with Crippen LogP contribution in [0, 0.1) is 5.41 Å². The summed E-state index contributed by atoms with van der Waals surface area (Å²) in [5.41, 5.74) is 1.84. The van der Waals surface area contributed by atoms with Gasteiger partial charge < -0.3 is 0 Å². The van der Waals surface area contributed by atoms with Gasteiger partial charge in [0.15, 0.2) is 0 Å². The van der Waals surface area contributed by atoms with Crippen molar-refractivity contribution in [2.45, 2.75) is 57.6 Å². The van der Waals surface area contributed by atoms with Crippen LogP contribution in [0.15, 0.2) is 29.2 Å². The molecule has 0 saturated carbocycles. The first kappa shape index (κ1) is 13.6. The van der Waals surface area contributed by atoms with Gasteiger partial charge in [0.05, 0.1) is 0 Å². The number of rotatable bonds is 2. The highest BCUT2D eigenvalue weighted by atomic mass is 32.2. The fraction of sp³-hybridized carbons (Fsp3) is 0.600. The number of hydrogen-bond acceptors (Lipinski definition) is 1. The molecule has 0 nitrogen and oxygen atoms in total. The van der Waals surface area contributed by atoms with Gasteiger partial charge in [-0.15, -0.1) is 11.8 Å². The van der Waals surface area contributed by atoms with E-state index in [1.54, 1.807) is 0 Å². The predicted octanol–water partition coefficient (Wildman–Crippen LogP) is 5.17. The Balaban J connectivity index is 2.92. The molecule has 0 atom stereocenters. The lowest BCUT2D eigenvalue weighted by Gasteiger charge is -2.23. The zero-order chi connectivity index (χ0) is 12.4. The second-order valence-corrected chi connectivity index (χ2v) is 8.43. The van der Waals surface area contributed by atoms with Gasteiger partial charge in [-0.25, -0.2) is 0 Å². The molecule has 0 aliphatic rings. The molecule has 0 fully saturated rings. The van der Waals surface area contributed by atoms with Crippen LogP contribution in [-0.4, -0.2) is 4.75 Å².